The molecule has 1 aromatic rings. The number of hydrogen-bond donors (Lipinski definition) is 1. The van der Waals surface area contributed by atoms with E-state index in [2.05, 4.69) is 14.9 Å². The molecule has 7 heteroatoms. The van der Waals surface area contributed by atoms with Gasteiger partial charge in [-0.3, -0.25) is 0 Å². The van der Waals surface area contributed by atoms with E-state index in [1.54, 1.807) is 6.20 Å². The van der Waals surface area contributed by atoms with E-state index in [-0.39, 0.29) is 18.2 Å². The third kappa shape index (κ3) is 2.54. The largest absolute Gasteiger partial charge is 0.393 e. The Morgan fingerprint density at radius 1 is 1.42 bits per heavy atom. The highest BCUT2D eigenvalue weighted by Gasteiger charge is 2.39. The Morgan fingerprint density at radius 3 is 2.74 bits per heavy atom. The lowest BCUT2D eigenvalue weighted by Crippen LogP contribution is -2.59. The van der Waals surface area contributed by atoms with Crippen LogP contribution >= 0.6 is 23.4 Å². The molecule has 3 rings (SSSR count). The van der Waals surface area contributed by atoms with Gasteiger partial charge in [-0.2, -0.15) is 0 Å². The van der Waals surface area contributed by atoms with Gasteiger partial charge in [0.25, 0.3) is 0 Å². The van der Waals surface area contributed by atoms with Gasteiger partial charge in [-0.25, -0.2) is 9.97 Å². The van der Waals surface area contributed by atoms with Gasteiger partial charge in [-0.1, -0.05) is 11.6 Å². The predicted molar refractivity (Wildman–Crippen MR) is 74.9 cm³/mol. The summed E-state index contributed by atoms with van der Waals surface area (Å²) in [4.78, 5) is 11.1. The van der Waals surface area contributed by atoms with Crippen LogP contribution in [-0.2, 0) is 4.74 Å². The molecule has 2 bridgehead atoms. The number of ether oxygens (including phenoxy) is 1. The molecule has 3 heterocycles. The SMILES string of the molecule is CSc1nc(N2[C@@H]3COC[C@@H]2CC(O)C3)ncc1Cl. The number of aromatic nitrogens is 2. The summed E-state index contributed by atoms with van der Waals surface area (Å²) in [6.07, 6.45) is 4.76. The zero-order valence-corrected chi connectivity index (χ0v) is 12.2. The highest BCUT2D eigenvalue weighted by atomic mass is 35.5. The third-order valence-corrected chi connectivity index (χ3v) is 4.71. The van der Waals surface area contributed by atoms with Gasteiger partial charge in [0.1, 0.15) is 5.03 Å². The van der Waals surface area contributed by atoms with Crippen LogP contribution < -0.4 is 4.90 Å². The van der Waals surface area contributed by atoms with Crippen LogP contribution in [0.2, 0.25) is 5.02 Å². The van der Waals surface area contributed by atoms with Crippen LogP contribution in [0.3, 0.4) is 0 Å². The first-order valence-corrected chi connectivity index (χ1v) is 7.90. The van der Waals surface area contributed by atoms with Crippen molar-refractivity contribution >= 4 is 29.3 Å². The molecule has 5 nitrogen and oxygen atoms in total. The lowest BCUT2D eigenvalue weighted by molar-refractivity contribution is 0.000277. The topological polar surface area (TPSA) is 58.5 Å². The van der Waals surface area contributed by atoms with E-state index in [1.165, 1.54) is 11.8 Å². The average molecular weight is 302 g/mol. The number of hydrogen-bond acceptors (Lipinski definition) is 6. The van der Waals surface area contributed by atoms with E-state index in [0.717, 1.165) is 5.03 Å². The molecule has 0 aliphatic carbocycles. The van der Waals surface area contributed by atoms with Crippen molar-refractivity contribution in [2.24, 2.45) is 0 Å². The summed E-state index contributed by atoms with van der Waals surface area (Å²) in [5.41, 5.74) is 0. The summed E-state index contributed by atoms with van der Waals surface area (Å²) < 4.78 is 5.58. The zero-order chi connectivity index (χ0) is 13.4. The second-order valence-corrected chi connectivity index (χ2v) is 6.11. The summed E-state index contributed by atoms with van der Waals surface area (Å²) in [6.45, 7) is 1.24. The van der Waals surface area contributed by atoms with Gasteiger partial charge in [0.2, 0.25) is 5.95 Å². The van der Waals surface area contributed by atoms with Gasteiger partial charge in [-0.05, 0) is 19.1 Å². The van der Waals surface area contributed by atoms with Crippen molar-refractivity contribution in [1.29, 1.82) is 0 Å². The van der Waals surface area contributed by atoms with E-state index in [4.69, 9.17) is 16.3 Å². The van der Waals surface area contributed by atoms with Gasteiger partial charge < -0.3 is 14.7 Å². The Labute approximate surface area is 121 Å². The number of aliphatic hydroxyl groups excluding tert-OH is 1. The molecule has 1 aromatic heterocycles. The van der Waals surface area contributed by atoms with Gasteiger partial charge in [0, 0.05) is 0 Å². The summed E-state index contributed by atoms with van der Waals surface area (Å²) in [7, 11) is 0. The average Bonchev–Trinajstić information content (AvgIpc) is 2.38. The van der Waals surface area contributed by atoms with Crippen LogP contribution in [-0.4, -0.2) is 52.7 Å². The molecule has 0 saturated carbocycles. The normalized spacial score (nSPS) is 30.5. The highest BCUT2D eigenvalue weighted by Crippen LogP contribution is 2.32. The second kappa shape index (κ2) is 5.44. The molecule has 0 radical (unpaired) electrons. The van der Waals surface area contributed by atoms with Crippen LogP contribution in [0.1, 0.15) is 12.8 Å². The van der Waals surface area contributed by atoms with Gasteiger partial charge >= 0.3 is 0 Å². The molecule has 0 spiro atoms. The zero-order valence-electron chi connectivity index (χ0n) is 10.6. The molecule has 2 aliphatic heterocycles. The number of rotatable bonds is 2. The Bertz CT molecular complexity index is 462. The van der Waals surface area contributed by atoms with Crippen LogP contribution in [0.15, 0.2) is 11.2 Å². The lowest BCUT2D eigenvalue weighted by Gasteiger charge is -2.47. The van der Waals surface area contributed by atoms with Crippen LogP contribution in [0.4, 0.5) is 5.95 Å². The van der Waals surface area contributed by atoms with Crippen LogP contribution in [0.5, 0.6) is 0 Å². The molecule has 19 heavy (non-hydrogen) atoms. The van der Waals surface area contributed by atoms with Crippen molar-refractivity contribution < 1.29 is 9.84 Å². The number of halogens is 1. The quantitative estimate of drug-likeness (QED) is 0.661. The number of fused-ring (bicyclic) bond motifs is 2. The minimum atomic E-state index is -0.248. The maximum Gasteiger partial charge on any atom is 0.227 e. The molecular formula is C12H16ClN3O2S. The van der Waals surface area contributed by atoms with Crippen molar-refractivity contribution in [3.8, 4) is 0 Å². The lowest BCUT2D eigenvalue weighted by atomic mass is 9.92. The number of aliphatic hydroxyl groups is 1. The van der Waals surface area contributed by atoms with Crippen molar-refractivity contribution in [3.05, 3.63) is 11.2 Å². The Kier molecular flexibility index (Phi) is 3.84. The maximum absolute atomic E-state index is 9.88. The van der Waals surface area contributed by atoms with Gasteiger partial charge in [0.15, 0.2) is 0 Å². The summed E-state index contributed by atoms with van der Waals surface area (Å²) >= 11 is 7.56. The fraction of sp³-hybridized carbons (Fsp3) is 0.667. The molecule has 2 atom stereocenters. The fourth-order valence-corrected chi connectivity index (χ4v) is 3.57. The Morgan fingerprint density at radius 2 is 2.11 bits per heavy atom. The summed E-state index contributed by atoms with van der Waals surface area (Å²) in [6, 6.07) is 0.303. The second-order valence-electron chi connectivity index (χ2n) is 4.90. The predicted octanol–water partition coefficient (Wildman–Crippen LogP) is 1.58. The molecule has 0 unspecified atom stereocenters. The van der Waals surface area contributed by atoms with E-state index in [0.29, 0.717) is 37.0 Å². The Balaban J connectivity index is 1.92. The number of piperidine rings is 1. The van der Waals surface area contributed by atoms with E-state index >= 15 is 0 Å². The summed E-state index contributed by atoms with van der Waals surface area (Å²) in [5, 5.41) is 11.2. The van der Waals surface area contributed by atoms with Crippen molar-refractivity contribution in [2.75, 3.05) is 24.4 Å². The number of anilines is 1. The van der Waals surface area contributed by atoms with E-state index in [9.17, 15) is 5.11 Å². The smallest absolute Gasteiger partial charge is 0.227 e. The first kappa shape index (κ1) is 13.4. The molecule has 0 amide bonds. The first-order valence-electron chi connectivity index (χ1n) is 6.29. The van der Waals surface area contributed by atoms with Crippen molar-refractivity contribution in [2.45, 2.75) is 36.1 Å². The number of thioether (sulfide) groups is 1. The van der Waals surface area contributed by atoms with Gasteiger partial charge in [0.05, 0.1) is 42.6 Å². The van der Waals surface area contributed by atoms with E-state index < -0.39 is 0 Å². The molecule has 1 N–H and O–H groups in total. The molecule has 0 aromatic carbocycles. The number of nitrogens with zero attached hydrogens (tertiary/aromatic N) is 3. The summed E-state index contributed by atoms with van der Waals surface area (Å²) in [5.74, 6) is 0.693. The minimum Gasteiger partial charge on any atom is -0.393 e. The standard InChI is InChI=1S/C12H16ClN3O2S/c1-19-11-10(13)4-14-12(15-11)16-7-2-9(17)3-8(16)6-18-5-7/h4,7-9,17H,2-3,5-6H2,1H3/t7-,8-/m0/s1. The third-order valence-electron chi connectivity index (χ3n) is 3.62. The maximum atomic E-state index is 9.88. The van der Waals surface area contributed by atoms with Crippen molar-refractivity contribution in [1.82, 2.24) is 9.97 Å². The number of morpholine rings is 1. The molecular weight excluding hydrogens is 286 g/mol. The molecule has 2 aliphatic rings. The first-order chi connectivity index (χ1) is 9.19. The van der Waals surface area contributed by atoms with Gasteiger partial charge in [-0.15, -0.1) is 11.8 Å². The van der Waals surface area contributed by atoms with Crippen LogP contribution in [0.25, 0.3) is 0 Å². The Hall–Kier alpha value is -0.560. The van der Waals surface area contributed by atoms with Crippen molar-refractivity contribution in [3.63, 3.8) is 0 Å². The molecule has 2 fully saturated rings. The molecule has 2 saturated heterocycles. The fourth-order valence-electron chi connectivity index (χ4n) is 2.82. The highest BCUT2D eigenvalue weighted by molar-refractivity contribution is 7.98. The monoisotopic (exact) mass is 301 g/mol. The molecule has 104 valence electrons. The van der Waals surface area contributed by atoms with E-state index in [1.807, 2.05) is 6.26 Å². The van der Waals surface area contributed by atoms with Crippen LogP contribution in [0, 0.1) is 0 Å². The minimum absolute atomic E-state index is 0.151.